The number of piperidine rings is 1. The van der Waals surface area contributed by atoms with E-state index in [0.717, 1.165) is 6.42 Å². The van der Waals surface area contributed by atoms with Gasteiger partial charge < -0.3 is 10.0 Å². The summed E-state index contributed by atoms with van der Waals surface area (Å²) in [7, 11) is 0. The molecule has 1 aromatic heterocycles. The lowest BCUT2D eigenvalue weighted by atomic mass is 9.58. The zero-order chi connectivity index (χ0) is 17.5. The standard InChI is InChI=1S/C16H17F3N2O3/c17-16(18,19)12-5-8-21(9-15(12)6-2-7-15)13(22)10-3-1-4-11(20-10)14(23)24/h1,3-4,12H,2,5-9H2,(H,23,24). The second-order valence-electron chi connectivity index (χ2n) is 6.54. The first-order valence-electron chi connectivity index (χ1n) is 7.79. The minimum atomic E-state index is -4.25. The summed E-state index contributed by atoms with van der Waals surface area (Å²) in [5.74, 6) is -3.14. The molecule has 1 aromatic rings. The molecule has 8 heteroatoms. The molecule has 1 spiro atoms. The van der Waals surface area contributed by atoms with Crippen molar-refractivity contribution in [3.05, 3.63) is 29.6 Å². The summed E-state index contributed by atoms with van der Waals surface area (Å²) in [6.45, 7) is 0.0543. The van der Waals surface area contributed by atoms with Gasteiger partial charge >= 0.3 is 12.1 Å². The van der Waals surface area contributed by atoms with Crippen LogP contribution in [0.2, 0.25) is 0 Å². The van der Waals surface area contributed by atoms with E-state index in [1.165, 1.54) is 23.1 Å². The number of amides is 1. The van der Waals surface area contributed by atoms with Crippen LogP contribution in [0.3, 0.4) is 0 Å². The predicted octanol–water partition coefficient (Wildman–Crippen LogP) is 2.97. The van der Waals surface area contributed by atoms with Gasteiger partial charge in [-0.05, 0) is 36.8 Å². The van der Waals surface area contributed by atoms with E-state index < -0.39 is 29.4 Å². The summed E-state index contributed by atoms with van der Waals surface area (Å²) >= 11 is 0. The molecular formula is C16H17F3N2O3. The Balaban J connectivity index is 1.80. The average molecular weight is 342 g/mol. The fraction of sp³-hybridized carbons (Fsp3) is 0.562. The highest BCUT2D eigenvalue weighted by Gasteiger charge is 2.58. The monoisotopic (exact) mass is 342 g/mol. The number of pyridine rings is 1. The Morgan fingerprint density at radius 3 is 2.46 bits per heavy atom. The van der Waals surface area contributed by atoms with Crippen LogP contribution in [0.25, 0.3) is 0 Å². The maximum atomic E-state index is 13.3. The first kappa shape index (κ1) is 16.7. The minimum absolute atomic E-state index is 0.00371. The average Bonchev–Trinajstić information content (AvgIpc) is 2.51. The van der Waals surface area contributed by atoms with Gasteiger partial charge in [0.15, 0.2) is 0 Å². The third kappa shape index (κ3) is 2.85. The molecule has 130 valence electrons. The van der Waals surface area contributed by atoms with Crippen LogP contribution in [0, 0.1) is 11.3 Å². The molecule has 1 saturated carbocycles. The van der Waals surface area contributed by atoms with Gasteiger partial charge in [-0.3, -0.25) is 4.79 Å². The van der Waals surface area contributed by atoms with Gasteiger partial charge in [-0.25, -0.2) is 9.78 Å². The number of carboxylic acids is 1. The number of nitrogens with zero attached hydrogens (tertiary/aromatic N) is 2. The van der Waals surface area contributed by atoms with Crippen LogP contribution >= 0.6 is 0 Å². The number of hydrogen-bond donors (Lipinski definition) is 1. The van der Waals surface area contributed by atoms with Crippen molar-refractivity contribution in [3.8, 4) is 0 Å². The molecular weight excluding hydrogens is 325 g/mol. The molecule has 0 bridgehead atoms. The predicted molar refractivity (Wildman–Crippen MR) is 77.5 cm³/mol. The lowest BCUT2D eigenvalue weighted by Crippen LogP contribution is -2.57. The van der Waals surface area contributed by atoms with E-state index in [9.17, 15) is 22.8 Å². The highest BCUT2D eigenvalue weighted by molar-refractivity contribution is 5.94. The van der Waals surface area contributed by atoms with Gasteiger partial charge in [0.1, 0.15) is 11.4 Å². The molecule has 0 aromatic carbocycles. The van der Waals surface area contributed by atoms with Gasteiger partial charge in [0, 0.05) is 13.1 Å². The number of aromatic nitrogens is 1. The number of halogens is 3. The fourth-order valence-corrected chi connectivity index (χ4v) is 3.82. The Morgan fingerprint density at radius 2 is 1.92 bits per heavy atom. The number of rotatable bonds is 2. The van der Waals surface area contributed by atoms with Crippen molar-refractivity contribution < 1.29 is 27.9 Å². The maximum Gasteiger partial charge on any atom is 0.392 e. The summed E-state index contributed by atoms with van der Waals surface area (Å²) in [4.78, 5) is 28.7. The molecule has 1 aliphatic carbocycles. The summed E-state index contributed by atoms with van der Waals surface area (Å²) in [6.07, 6.45) is -2.71. The highest BCUT2D eigenvalue weighted by atomic mass is 19.4. The van der Waals surface area contributed by atoms with E-state index in [4.69, 9.17) is 5.11 Å². The topological polar surface area (TPSA) is 70.5 Å². The minimum Gasteiger partial charge on any atom is -0.477 e. The zero-order valence-electron chi connectivity index (χ0n) is 12.8. The molecule has 1 aliphatic heterocycles. The molecule has 2 fully saturated rings. The Labute approximate surface area is 136 Å². The summed E-state index contributed by atoms with van der Waals surface area (Å²) < 4.78 is 39.8. The van der Waals surface area contributed by atoms with Crippen LogP contribution in [0.1, 0.15) is 46.7 Å². The number of carbonyl (C=O) groups excluding carboxylic acids is 1. The number of alkyl halides is 3. The first-order chi connectivity index (χ1) is 11.2. The van der Waals surface area contributed by atoms with E-state index in [1.54, 1.807) is 0 Å². The number of likely N-dealkylation sites (tertiary alicyclic amines) is 1. The van der Waals surface area contributed by atoms with Gasteiger partial charge in [-0.1, -0.05) is 12.5 Å². The van der Waals surface area contributed by atoms with Gasteiger partial charge in [-0.2, -0.15) is 13.2 Å². The SMILES string of the molecule is O=C(O)c1cccc(C(=O)N2CCC(C(F)(F)F)C3(CCC3)C2)n1. The third-order valence-electron chi connectivity index (χ3n) is 5.15. The number of carbonyl (C=O) groups is 2. The number of aromatic carboxylic acids is 1. The molecule has 2 heterocycles. The van der Waals surface area contributed by atoms with Crippen molar-refractivity contribution in [2.24, 2.45) is 11.3 Å². The molecule has 1 saturated heterocycles. The molecule has 1 atom stereocenters. The maximum absolute atomic E-state index is 13.3. The number of carboxylic acid groups (broad SMARTS) is 1. The van der Waals surface area contributed by atoms with Crippen LogP contribution < -0.4 is 0 Å². The normalized spacial score (nSPS) is 23.0. The summed E-state index contributed by atoms with van der Waals surface area (Å²) in [5.41, 5.74) is -1.20. The molecule has 3 rings (SSSR count). The summed E-state index contributed by atoms with van der Waals surface area (Å²) in [6, 6.07) is 4.06. The third-order valence-corrected chi connectivity index (χ3v) is 5.15. The first-order valence-corrected chi connectivity index (χ1v) is 7.79. The largest absolute Gasteiger partial charge is 0.477 e. The van der Waals surface area contributed by atoms with E-state index in [0.29, 0.717) is 12.8 Å². The van der Waals surface area contributed by atoms with Crippen molar-refractivity contribution >= 4 is 11.9 Å². The van der Waals surface area contributed by atoms with Crippen LogP contribution in [-0.4, -0.2) is 46.1 Å². The molecule has 24 heavy (non-hydrogen) atoms. The van der Waals surface area contributed by atoms with Crippen LogP contribution in [0.15, 0.2) is 18.2 Å². The van der Waals surface area contributed by atoms with Crippen molar-refractivity contribution in [1.82, 2.24) is 9.88 Å². The highest BCUT2D eigenvalue weighted by Crippen LogP contribution is 2.56. The van der Waals surface area contributed by atoms with Crippen LogP contribution in [0.4, 0.5) is 13.2 Å². The molecule has 2 aliphatic rings. The Bertz CT molecular complexity index is 671. The lowest BCUT2D eigenvalue weighted by Gasteiger charge is -2.54. The van der Waals surface area contributed by atoms with Crippen LogP contribution in [-0.2, 0) is 0 Å². The van der Waals surface area contributed by atoms with Gasteiger partial charge in [-0.15, -0.1) is 0 Å². The van der Waals surface area contributed by atoms with E-state index in [-0.39, 0.29) is 30.9 Å². The van der Waals surface area contributed by atoms with Crippen molar-refractivity contribution in [3.63, 3.8) is 0 Å². The molecule has 1 unspecified atom stereocenters. The fourth-order valence-electron chi connectivity index (χ4n) is 3.82. The second kappa shape index (κ2) is 5.75. The van der Waals surface area contributed by atoms with Crippen LogP contribution in [0.5, 0.6) is 0 Å². The lowest BCUT2D eigenvalue weighted by molar-refractivity contribution is -0.235. The molecule has 1 amide bonds. The van der Waals surface area contributed by atoms with E-state index >= 15 is 0 Å². The smallest absolute Gasteiger partial charge is 0.392 e. The van der Waals surface area contributed by atoms with Gasteiger partial charge in [0.2, 0.25) is 0 Å². The van der Waals surface area contributed by atoms with Crippen molar-refractivity contribution in [2.75, 3.05) is 13.1 Å². The molecule has 5 nitrogen and oxygen atoms in total. The van der Waals surface area contributed by atoms with Crippen molar-refractivity contribution in [2.45, 2.75) is 31.9 Å². The quantitative estimate of drug-likeness (QED) is 0.897. The van der Waals surface area contributed by atoms with Gasteiger partial charge in [0.05, 0.1) is 5.92 Å². The number of hydrogen-bond acceptors (Lipinski definition) is 3. The van der Waals surface area contributed by atoms with E-state index in [1.807, 2.05) is 0 Å². The Hall–Kier alpha value is -2.12. The van der Waals surface area contributed by atoms with Gasteiger partial charge in [0.25, 0.3) is 5.91 Å². The zero-order valence-corrected chi connectivity index (χ0v) is 12.8. The Kier molecular flexibility index (Phi) is 4.01. The Morgan fingerprint density at radius 1 is 1.25 bits per heavy atom. The van der Waals surface area contributed by atoms with E-state index in [2.05, 4.69) is 4.98 Å². The molecule has 1 N–H and O–H groups in total. The second-order valence-corrected chi connectivity index (χ2v) is 6.54. The molecule has 0 radical (unpaired) electrons. The summed E-state index contributed by atoms with van der Waals surface area (Å²) in [5, 5.41) is 8.94. The van der Waals surface area contributed by atoms with Crippen molar-refractivity contribution in [1.29, 1.82) is 0 Å².